The standard InChI is InChI=1S/C10H16O/c1-2-9(8-11)10-6-4-3-5-7-10/h2,8,10H,3-7H2,1H3/b9-2-. The van der Waals surface area contributed by atoms with Crippen molar-refractivity contribution in [2.75, 3.05) is 0 Å². The lowest BCUT2D eigenvalue weighted by molar-refractivity contribution is -0.105. The van der Waals surface area contributed by atoms with E-state index in [-0.39, 0.29) is 0 Å². The number of rotatable bonds is 2. The average Bonchev–Trinajstić information content (AvgIpc) is 2.09. The van der Waals surface area contributed by atoms with Gasteiger partial charge in [0.05, 0.1) is 0 Å². The van der Waals surface area contributed by atoms with Crippen LogP contribution in [0.3, 0.4) is 0 Å². The van der Waals surface area contributed by atoms with Gasteiger partial charge in [0, 0.05) is 0 Å². The van der Waals surface area contributed by atoms with Gasteiger partial charge >= 0.3 is 0 Å². The maximum atomic E-state index is 10.6. The van der Waals surface area contributed by atoms with Crippen LogP contribution in [0.1, 0.15) is 39.0 Å². The van der Waals surface area contributed by atoms with E-state index in [0.29, 0.717) is 5.92 Å². The van der Waals surface area contributed by atoms with Crippen LogP contribution in [-0.4, -0.2) is 6.29 Å². The van der Waals surface area contributed by atoms with Gasteiger partial charge in [0.2, 0.25) is 0 Å². The fraction of sp³-hybridized carbons (Fsp3) is 0.700. The first-order valence-electron chi connectivity index (χ1n) is 4.50. The number of carbonyl (C=O) groups excluding carboxylic acids is 1. The second-order valence-electron chi connectivity index (χ2n) is 3.24. The zero-order valence-corrected chi connectivity index (χ0v) is 7.18. The van der Waals surface area contributed by atoms with E-state index in [0.717, 1.165) is 11.9 Å². The summed E-state index contributed by atoms with van der Waals surface area (Å²) in [5.74, 6) is 0.575. The molecular weight excluding hydrogens is 136 g/mol. The van der Waals surface area contributed by atoms with E-state index in [9.17, 15) is 4.79 Å². The molecular formula is C10H16O. The quantitative estimate of drug-likeness (QED) is 0.439. The summed E-state index contributed by atoms with van der Waals surface area (Å²) in [4.78, 5) is 10.6. The van der Waals surface area contributed by atoms with Crippen molar-refractivity contribution in [3.05, 3.63) is 11.6 Å². The number of carbonyl (C=O) groups is 1. The van der Waals surface area contributed by atoms with E-state index < -0.39 is 0 Å². The Labute approximate surface area is 68.5 Å². The highest BCUT2D eigenvalue weighted by molar-refractivity contribution is 5.73. The summed E-state index contributed by atoms with van der Waals surface area (Å²) >= 11 is 0. The molecule has 0 spiro atoms. The van der Waals surface area contributed by atoms with Crippen LogP contribution >= 0.6 is 0 Å². The van der Waals surface area contributed by atoms with Crippen LogP contribution in [0.5, 0.6) is 0 Å². The van der Waals surface area contributed by atoms with Gasteiger partial charge in [-0.2, -0.15) is 0 Å². The van der Waals surface area contributed by atoms with Crippen molar-refractivity contribution in [3.8, 4) is 0 Å². The zero-order valence-electron chi connectivity index (χ0n) is 7.18. The van der Waals surface area contributed by atoms with Gasteiger partial charge in [0.1, 0.15) is 6.29 Å². The highest BCUT2D eigenvalue weighted by Gasteiger charge is 2.15. The van der Waals surface area contributed by atoms with E-state index in [4.69, 9.17) is 0 Å². The van der Waals surface area contributed by atoms with Crippen molar-refractivity contribution < 1.29 is 4.79 Å². The largest absolute Gasteiger partial charge is 0.298 e. The van der Waals surface area contributed by atoms with Crippen LogP contribution < -0.4 is 0 Å². The molecule has 0 radical (unpaired) electrons. The molecule has 0 heterocycles. The van der Waals surface area contributed by atoms with Gasteiger partial charge in [0.15, 0.2) is 0 Å². The lowest BCUT2D eigenvalue weighted by atomic mass is 9.84. The zero-order chi connectivity index (χ0) is 8.10. The Kier molecular flexibility index (Phi) is 3.34. The summed E-state index contributed by atoms with van der Waals surface area (Å²) in [5, 5.41) is 0. The number of hydrogen-bond donors (Lipinski definition) is 0. The molecule has 1 nitrogen and oxygen atoms in total. The molecule has 0 bridgehead atoms. The summed E-state index contributed by atoms with van der Waals surface area (Å²) in [6, 6.07) is 0. The maximum absolute atomic E-state index is 10.6. The molecule has 1 aliphatic carbocycles. The first-order chi connectivity index (χ1) is 5.38. The van der Waals surface area contributed by atoms with Crippen molar-refractivity contribution >= 4 is 6.29 Å². The lowest BCUT2D eigenvalue weighted by Crippen LogP contribution is -2.09. The molecule has 0 aromatic heterocycles. The number of hydrogen-bond acceptors (Lipinski definition) is 1. The van der Waals surface area contributed by atoms with E-state index in [1.807, 2.05) is 13.0 Å². The van der Waals surface area contributed by atoms with Crippen molar-refractivity contribution in [2.45, 2.75) is 39.0 Å². The third-order valence-electron chi connectivity index (χ3n) is 2.55. The van der Waals surface area contributed by atoms with E-state index in [1.54, 1.807) is 0 Å². The second-order valence-corrected chi connectivity index (χ2v) is 3.24. The molecule has 0 aromatic carbocycles. The Balaban J connectivity index is 2.49. The van der Waals surface area contributed by atoms with Gasteiger partial charge in [-0.3, -0.25) is 4.79 Å². The molecule has 0 saturated heterocycles. The van der Waals surface area contributed by atoms with Crippen LogP contribution in [0.25, 0.3) is 0 Å². The lowest BCUT2D eigenvalue weighted by Gasteiger charge is -2.21. The fourth-order valence-corrected chi connectivity index (χ4v) is 1.84. The first kappa shape index (κ1) is 8.51. The minimum absolute atomic E-state index is 0.575. The first-order valence-corrected chi connectivity index (χ1v) is 4.50. The maximum Gasteiger partial charge on any atom is 0.145 e. The second kappa shape index (κ2) is 4.32. The Morgan fingerprint density at radius 1 is 1.27 bits per heavy atom. The minimum atomic E-state index is 0.575. The van der Waals surface area contributed by atoms with Crippen molar-refractivity contribution in [1.82, 2.24) is 0 Å². The van der Waals surface area contributed by atoms with E-state index >= 15 is 0 Å². The monoisotopic (exact) mass is 152 g/mol. The minimum Gasteiger partial charge on any atom is -0.298 e. The molecule has 0 aliphatic heterocycles. The summed E-state index contributed by atoms with van der Waals surface area (Å²) in [5.41, 5.74) is 1.02. The van der Waals surface area contributed by atoms with Crippen molar-refractivity contribution in [3.63, 3.8) is 0 Å². The highest BCUT2D eigenvalue weighted by atomic mass is 16.1. The fourth-order valence-electron chi connectivity index (χ4n) is 1.84. The highest BCUT2D eigenvalue weighted by Crippen LogP contribution is 2.28. The van der Waals surface area contributed by atoms with Crippen LogP contribution in [0, 0.1) is 5.92 Å². The summed E-state index contributed by atoms with van der Waals surface area (Å²) in [6.07, 6.45) is 9.38. The SMILES string of the molecule is C/C=C(/C=O)C1CCCCC1. The van der Waals surface area contributed by atoms with Gasteiger partial charge in [-0.25, -0.2) is 0 Å². The normalized spacial score (nSPS) is 21.7. The Bertz CT molecular complexity index is 152. The van der Waals surface area contributed by atoms with Crippen LogP contribution in [0.2, 0.25) is 0 Å². The third-order valence-corrected chi connectivity index (χ3v) is 2.55. The molecule has 0 N–H and O–H groups in total. The molecule has 1 heteroatoms. The Hall–Kier alpha value is -0.590. The summed E-state index contributed by atoms with van der Waals surface area (Å²) in [6.45, 7) is 1.96. The molecule has 0 aromatic rings. The average molecular weight is 152 g/mol. The molecule has 11 heavy (non-hydrogen) atoms. The predicted molar refractivity (Wildman–Crippen MR) is 46.4 cm³/mol. The van der Waals surface area contributed by atoms with Gasteiger partial charge < -0.3 is 0 Å². The predicted octanol–water partition coefficient (Wildman–Crippen LogP) is 2.71. The van der Waals surface area contributed by atoms with Crippen molar-refractivity contribution in [2.24, 2.45) is 5.92 Å². The van der Waals surface area contributed by atoms with Crippen molar-refractivity contribution in [1.29, 1.82) is 0 Å². The van der Waals surface area contributed by atoms with Gasteiger partial charge in [0.25, 0.3) is 0 Å². The molecule has 0 amide bonds. The van der Waals surface area contributed by atoms with Crippen LogP contribution in [-0.2, 0) is 4.79 Å². The molecule has 1 saturated carbocycles. The topological polar surface area (TPSA) is 17.1 Å². The molecule has 0 atom stereocenters. The van der Waals surface area contributed by atoms with Gasteiger partial charge in [-0.05, 0) is 31.3 Å². The molecule has 1 rings (SSSR count). The van der Waals surface area contributed by atoms with Crippen LogP contribution in [0.15, 0.2) is 11.6 Å². The number of aldehydes is 1. The van der Waals surface area contributed by atoms with Gasteiger partial charge in [-0.15, -0.1) is 0 Å². The molecule has 0 unspecified atom stereocenters. The van der Waals surface area contributed by atoms with E-state index in [1.165, 1.54) is 32.1 Å². The Morgan fingerprint density at radius 3 is 2.36 bits per heavy atom. The molecule has 62 valence electrons. The van der Waals surface area contributed by atoms with Gasteiger partial charge in [-0.1, -0.05) is 25.3 Å². The summed E-state index contributed by atoms with van der Waals surface area (Å²) < 4.78 is 0. The molecule has 1 aliphatic rings. The summed E-state index contributed by atoms with van der Waals surface area (Å²) in [7, 11) is 0. The Morgan fingerprint density at radius 2 is 1.91 bits per heavy atom. The molecule has 1 fully saturated rings. The third kappa shape index (κ3) is 2.18. The van der Waals surface area contributed by atoms with Crippen LogP contribution in [0.4, 0.5) is 0 Å². The van der Waals surface area contributed by atoms with E-state index in [2.05, 4.69) is 0 Å². The number of allylic oxidation sites excluding steroid dienone is 2. The smallest absolute Gasteiger partial charge is 0.145 e.